The van der Waals surface area contributed by atoms with Crippen molar-refractivity contribution >= 4 is 28.5 Å². The molecule has 3 aromatic rings. The molecule has 25 heavy (non-hydrogen) atoms. The zero-order valence-electron chi connectivity index (χ0n) is 14.0. The second kappa shape index (κ2) is 5.71. The van der Waals surface area contributed by atoms with Crippen molar-refractivity contribution in [2.75, 3.05) is 0 Å². The normalized spacial score (nSPS) is 13.4. The highest BCUT2D eigenvalue weighted by molar-refractivity contribution is 6.41. The lowest BCUT2D eigenvalue weighted by atomic mass is 10.0. The van der Waals surface area contributed by atoms with Crippen LogP contribution in [-0.2, 0) is 6.54 Å². The van der Waals surface area contributed by atoms with E-state index in [0.29, 0.717) is 17.7 Å². The molecule has 0 spiro atoms. The molecule has 1 aliphatic carbocycles. The molecule has 0 saturated carbocycles. The third-order valence-electron chi connectivity index (χ3n) is 4.79. The first kappa shape index (κ1) is 15.3. The van der Waals surface area contributed by atoms with Gasteiger partial charge in [0.2, 0.25) is 0 Å². The van der Waals surface area contributed by atoms with E-state index < -0.39 is 0 Å². The van der Waals surface area contributed by atoms with Gasteiger partial charge in [-0.3, -0.25) is 9.59 Å². The molecule has 0 amide bonds. The molecular weight excluding hydrogens is 310 g/mol. The Labute approximate surface area is 145 Å². The molecule has 0 aliphatic heterocycles. The fourth-order valence-electron chi connectivity index (χ4n) is 3.55. The van der Waals surface area contributed by atoms with Gasteiger partial charge in [0, 0.05) is 39.8 Å². The van der Waals surface area contributed by atoms with Crippen molar-refractivity contribution in [3.8, 4) is 0 Å². The summed E-state index contributed by atoms with van der Waals surface area (Å²) < 4.78 is 2.14. The number of carbonyl (C=O) groups is 2. The average Bonchev–Trinajstić information content (AvgIpc) is 3.04. The SMILES string of the molecule is C=CCn1c(C)c(C=C2C(=O)c3ccccc3C2=O)c2ccccc21. The van der Waals surface area contributed by atoms with Gasteiger partial charge in [0.1, 0.15) is 0 Å². The van der Waals surface area contributed by atoms with E-state index in [4.69, 9.17) is 0 Å². The molecule has 2 aromatic carbocycles. The first-order valence-electron chi connectivity index (χ1n) is 8.22. The van der Waals surface area contributed by atoms with Crippen molar-refractivity contribution in [3.05, 3.63) is 89.1 Å². The molecule has 0 atom stereocenters. The number of fused-ring (bicyclic) bond motifs is 2. The van der Waals surface area contributed by atoms with Gasteiger partial charge >= 0.3 is 0 Å². The summed E-state index contributed by atoms with van der Waals surface area (Å²) in [5.41, 5.74) is 4.23. The molecule has 0 unspecified atom stereocenters. The van der Waals surface area contributed by atoms with Crippen molar-refractivity contribution in [1.29, 1.82) is 0 Å². The minimum absolute atomic E-state index is 0.194. The Bertz CT molecular complexity index is 1050. The summed E-state index contributed by atoms with van der Waals surface area (Å²) in [4.78, 5) is 25.4. The number of allylic oxidation sites excluding steroid dienone is 2. The van der Waals surface area contributed by atoms with Gasteiger partial charge in [-0.15, -0.1) is 6.58 Å². The standard InChI is InChI=1S/C22H17NO2/c1-3-12-23-14(2)18(15-8-6-7-11-20(15)23)13-19-21(24)16-9-4-5-10-17(16)22(19)25/h3-11,13H,1,12H2,2H3. The minimum Gasteiger partial charge on any atom is -0.340 e. The topological polar surface area (TPSA) is 39.1 Å². The predicted octanol–water partition coefficient (Wildman–Crippen LogP) is 4.60. The molecule has 3 nitrogen and oxygen atoms in total. The Hall–Kier alpha value is -3.20. The summed E-state index contributed by atoms with van der Waals surface area (Å²) in [6.45, 7) is 6.51. The molecule has 1 heterocycles. The van der Waals surface area contributed by atoms with Gasteiger partial charge in [0.25, 0.3) is 0 Å². The van der Waals surface area contributed by atoms with Gasteiger partial charge in [-0.2, -0.15) is 0 Å². The lowest BCUT2D eigenvalue weighted by Crippen LogP contribution is -2.01. The highest BCUT2D eigenvalue weighted by Crippen LogP contribution is 2.32. The number of ketones is 2. The quantitative estimate of drug-likeness (QED) is 0.401. The van der Waals surface area contributed by atoms with Crippen LogP contribution in [0.1, 0.15) is 32.0 Å². The first-order chi connectivity index (χ1) is 12.1. The van der Waals surface area contributed by atoms with Crippen LogP contribution in [0, 0.1) is 6.92 Å². The average molecular weight is 327 g/mol. The number of hydrogen-bond donors (Lipinski definition) is 0. The molecule has 0 saturated heterocycles. The molecule has 0 radical (unpaired) electrons. The Morgan fingerprint density at radius 1 is 0.960 bits per heavy atom. The van der Waals surface area contributed by atoms with Crippen LogP contribution < -0.4 is 0 Å². The summed E-state index contributed by atoms with van der Waals surface area (Å²) in [6, 6.07) is 15.0. The van der Waals surface area contributed by atoms with Crippen molar-refractivity contribution in [3.63, 3.8) is 0 Å². The predicted molar refractivity (Wildman–Crippen MR) is 100.0 cm³/mol. The number of benzene rings is 2. The number of rotatable bonds is 3. The monoisotopic (exact) mass is 327 g/mol. The molecule has 3 heteroatoms. The van der Waals surface area contributed by atoms with Crippen LogP contribution in [0.4, 0.5) is 0 Å². The highest BCUT2D eigenvalue weighted by Gasteiger charge is 2.33. The second-order valence-electron chi connectivity index (χ2n) is 6.18. The smallest absolute Gasteiger partial charge is 0.197 e. The van der Waals surface area contributed by atoms with Gasteiger partial charge in [0.05, 0.1) is 5.57 Å². The van der Waals surface area contributed by atoms with Gasteiger partial charge in [0.15, 0.2) is 11.6 Å². The van der Waals surface area contributed by atoms with E-state index >= 15 is 0 Å². The van der Waals surface area contributed by atoms with E-state index in [1.54, 1.807) is 30.3 Å². The van der Waals surface area contributed by atoms with E-state index in [1.165, 1.54) is 0 Å². The van der Waals surface area contributed by atoms with Gasteiger partial charge < -0.3 is 4.57 Å². The van der Waals surface area contributed by atoms with Crippen molar-refractivity contribution in [2.24, 2.45) is 0 Å². The number of carbonyl (C=O) groups excluding carboxylic acids is 2. The van der Waals surface area contributed by atoms with Gasteiger partial charge in [-0.25, -0.2) is 0 Å². The first-order valence-corrected chi connectivity index (χ1v) is 8.22. The lowest BCUT2D eigenvalue weighted by Gasteiger charge is -2.04. The third kappa shape index (κ3) is 2.20. The third-order valence-corrected chi connectivity index (χ3v) is 4.79. The molecule has 0 N–H and O–H groups in total. The Morgan fingerprint density at radius 3 is 2.20 bits per heavy atom. The van der Waals surface area contributed by atoms with Crippen LogP contribution in [0.5, 0.6) is 0 Å². The number of aromatic nitrogens is 1. The Balaban J connectivity index is 1.94. The molecule has 4 rings (SSSR count). The summed E-state index contributed by atoms with van der Waals surface area (Å²) in [5.74, 6) is -0.388. The molecule has 0 bridgehead atoms. The van der Waals surface area contributed by atoms with Crippen LogP contribution in [0.3, 0.4) is 0 Å². The number of nitrogens with zero attached hydrogens (tertiary/aromatic N) is 1. The van der Waals surface area contributed by atoms with Crippen molar-refractivity contribution in [2.45, 2.75) is 13.5 Å². The van der Waals surface area contributed by atoms with E-state index in [9.17, 15) is 9.59 Å². The number of para-hydroxylation sites is 1. The lowest BCUT2D eigenvalue weighted by molar-refractivity contribution is 0.0990. The molecular formula is C22H17NO2. The van der Waals surface area contributed by atoms with E-state index in [0.717, 1.165) is 22.2 Å². The number of Topliss-reactive ketones (excluding diaryl/α,β-unsaturated/α-hetero) is 2. The van der Waals surface area contributed by atoms with Crippen LogP contribution in [0.25, 0.3) is 17.0 Å². The number of hydrogen-bond acceptors (Lipinski definition) is 2. The zero-order chi connectivity index (χ0) is 17.6. The van der Waals surface area contributed by atoms with Crippen molar-refractivity contribution in [1.82, 2.24) is 4.57 Å². The van der Waals surface area contributed by atoms with Gasteiger partial charge in [-0.05, 0) is 19.1 Å². The zero-order valence-corrected chi connectivity index (χ0v) is 14.0. The van der Waals surface area contributed by atoms with Gasteiger partial charge in [-0.1, -0.05) is 48.5 Å². The highest BCUT2D eigenvalue weighted by atomic mass is 16.2. The summed E-state index contributed by atoms with van der Waals surface area (Å²) in [6.07, 6.45) is 3.60. The second-order valence-corrected chi connectivity index (χ2v) is 6.18. The maximum atomic E-state index is 12.7. The molecule has 122 valence electrons. The Morgan fingerprint density at radius 2 is 1.56 bits per heavy atom. The van der Waals surface area contributed by atoms with Crippen LogP contribution in [0.2, 0.25) is 0 Å². The van der Waals surface area contributed by atoms with Crippen LogP contribution in [-0.4, -0.2) is 16.1 Å². The molecule has 1 aliphatic rings. The van der Waals surface area contributed by atoms with E-state index in [2.05, 4.69) is 11.1 Å². The maximum Gasteiger partial charge on any atom is 0.197 e. The Kier molecular flexibility index (Phi) is 3.50. The maximum absolute atomic E-state index is 12.7. The molecule has 0 fully saturated rings. The minimum atomic E-state index is -0.194. The largest absolute Gasteiger partial charge is 0.340 e. The van der Waals surface area contributed by atoms with Crippen LogP contribution >= 0.6 is 0 Å². The molecule has 1 aromatic heterocycles. The fourth-order valence-corrected chi connectivity index (χ4v) is 3.55. The fraction of sp³-hybridized carbons (Fsp3) is 0.0909. The summed E-state index contributed by atoms with van der Waals surface area (Å²) >= 11 is 0. The summed E-state index contributed by atoms with van der Waals surface area (Å²) in [7, 11) is 0. The summed E-state index contributed by atoms with van der Waals surface area (Å²) in [5, 5.41) is 1.03. The van der Waals surface area contributed by atoms with Crippen molar-refractivity contribution < 1.29 is 9.59 Å². The van der Waals surface area contributed by atoms with E-state index in [1.807, 2.05) is 37.3 Å². The van der Waals surface area contributed by atoms with Crippen LogP contribution in [0.15, 0.2) is 66.8 Å². The van der Waals surface area contributed by atoms with E-state index in [-0.39, 0.29) is 17.1 Å².